The third-order valence-electron chi connectivity index (χ3n) is 3.54. The van der Waals surface area contributed by atoms with E-state index in [2.05, 4.69) is 29.4 Å². The summed E-state index contributed by atoms with van der Waals surface area (Å²) in [4.78, 5) is 14.2. The van der Waals surface area contributed by atoms with E-state index in [1.165, 1.54) is 11.3 Å². The Bertz CT molecular complexity index is 453. The molecule has 1 N–H and O–H groups in total. The lowest BCUT2D eigenvalue weighted by Gasteiger charge is -2.14. The SMILES string of the molecule is CN1CCc2cc3c(cc21)C(=O)CCCN3. The molecule has 16 heavy (non-hydrogen) atoms. The van der Waals surface area contributed by atoms with Gasteiger partial charge in [-0.15, -0.1) is 0 Å². The monoisotopic (exact) mass is 216 g/mol. The number of nitrogens with one attached hydrogen (secondary N) is 1. The fourth-order valence-electron chi connectivity index (χ4n) is 2.58. The molecule has 3 heteroatoms. The van der Waals surface area contributed by atoms with Crippen LogP contribution in [0.25, 0.3) is 0 Å². The summed E-state index contributed by atoms with van der Waals surface area (Å²) < 4.78 is 0. The smallest absolute Gasteiger partial charge is 0.165 e. The molecule has 84 valence electrons. The van der Waals surface area contributed by atoms with Gasteiger partial charge in [-0.25, -0.2) is 0 Å². The highest BCUT2D eigenvalue weighted by Gasteiger charge is 2.22. The standard InChI is InChI=1S/C13H16N2O/c1-15-6-4-9-7-11-10(8-12(9)15)13(16)3-2-5-14-11/h7-8,14H,2-6H2,1H3. The number of benzene rings is 1. The number of carbonyl (C=O) groups excluding carboxylic acids is 1. The van der Waals surface area contributed by atoms with Gasteiger partial charge in [0, 0.05) is 43.5 Å². The molecule has 0 saturated carbocycles. The number of ketones is 1. The molecule has 2 heterocycles. The minimum Gasteiger partial charge on any atom is -0.384 e. The minimum atomic E-state index is 0.281. The summed E-state index contributed by atoms with van der Waals surface area (Å²) in [6.45, 7) is 1.97. The molecule has 0 bridgehead atoms. The molecular weight excluding hydrogens is 200 g/mol. The number of carbonyl (C=O) groups is 1. The Labute approximate surface area is 95.4 Å². The van der Waals surface area contributed by atoms with Gasteiger partial charge in [0.1, 0.15) is 0 Å². The van der Waals surface area contributed by atoms with Gasteiger partial charge in [-0.3, -0.25) is 4.79 Å². The van der Waals surface area contributed by atoms with E-state index in [1.807, 2.05) is 0 Å². The van der Waals surface area contributed by atoms with Gasteiger partial charge in [-0.05, 0) is 30.5 Å². The zero-order valence-corrected chi connectivity index (χ0v) is 9.55. The van der Waals surface area contributed by atoms with E-state index in [0.29, 0.717) is 6.42 Å². The second-order valence-electron chi connectivity index (χ2n) is 4.65. The summed E-state index contributed by atoms with van der Waals surface area (Å²) in [5.41, 5.74) is 4.51. The topological polar surface area (TPSA) is 32.3 Å². The first-order valence-corrected chi connectivity index (χ1v) is 5.91. The molecule has 3 nitrogen and oxygen atoms in total. The van der Waals surface area contributed by atoms with Crippen LogP contribution in [0.4, 0.5) is 11.4 Å². The summed E-state index contributed by atoms with van der Waals surface area (Å²) in [6.07, 6.45) is 2.70. The van der Waals surface area contributed by atoms with Crippen molar-refractivity contribution in [2.45, 2.75) is 19.3 Å². The van der Waals surface area contributed by atoms with Crippen molar-refractivity contribution in [1.29, 1.82) is 0 Å². The van der Waals surface area contributed by atoms with Crippen LogP contribution >= 0.6 is 0 Å². The van der Waals surface area contributed by atoms with Gasteiger partial charge in [0.2, 0.25) is 0 Å². The molecule has 0 fully saturated rings. The molecule has 1 aromatic rings. The Morgan fingerprint density at radius 2 is 2.19 bits per heavy atom. The van der Waals surface area contributed by atoms with E-state index in [1.54, 1.807) is 0 Å². The molecule has 0 unspecified atom stereocenters. The average Bonchev–Trinajstić information content (AvgIpc) is 2.53. The number of rotatable bonds is 0. The molecule has 0 atom stereocenters. The fourth-order valence-corrected chi connectivity index (χ4v) is 2.58. The van der Waals surface area contributed by atoms with Gasteiger partial charge in [0.05, 0.1) is 0 Å². The summed E-state index contributed by atoms with van der Waals surface area (Å²) in [6, 6.07) is 4.23. The van der Waals surface area contributed by atoms with E-state index < -0.39 is 0 Å². The molecule has 0 aliphatic carbocycles. The predicted molar refractivity (Wildman–Crippen MR) is 65.5 cm³/mol. The van der Waals surface area contributed by atoms with E-state index >= 15 is 0 Å². The maximum atomic E-state index is 12.0. The zero-order valence-electron chi connectivity index (χ0n) is 9.55. The highest BCUT2D eigenvalue weighted by Crippen LogP contribution is 2.34. The van der Waals surface area contributed by atoms with Crippen LogP contribution in [0.5, 0.6) is 0 Å². The van der Waals surface area contributed by atoms with E-state index in [0.717, 1.165) is 37.2 Å². The van der Waals surface area contributed by atoms with Crippen LogP contribution in [0.3, 0.4) is 0 Å². The Balaban J connectivity index is 2.13. The molecule has 0 saturated heterocycles. The molecule has 0 spiro atoms. The van der Waals surface area contributed by atoms with Gasteiger partial charge < -0.3 is 10.2 Å². The second kappa shape index (κ2) is 3.51. The van der Waals surface area contributed by atoms with Crippen molar-refractivity contribution in [3.8, 4) is 0 Å². The lowest BCUT2D eigenvalue weighted by Crippen LogP contribution is -2.13. The Kier molecular flexibility index (Phi) is 2.13. The van der Waals surface area contributed by atoms with Gasteiger partial charge in [-0.1, -0.05) is 0 Å². The highest BCUT2D eigenvalue weighted by molar-refractivity contribution is 6.03. The van der Waals surface area contributed by atoms with Gasteiger partial charge in [0.15, 0.2) is 5.78 Å². The first kappa shape index (κ1) is 9.70. The predicted octanol–water partition coefficient (Wildman–Crippen LogP) is 2.07. The number of likely N-dealkylation sites (N-methyl/N-ethyl adjacent to an activating group) is 1. The summed E-state index contributed by atoms with van der Waals surface area (Å²) >= 11 is 0. The summed E-state index contributed by atoms with van der Waals surface area (Å²) in [5, 5.41) is 3.36. The van der Waals surface area contributed by atoms with Crippen molar-refractivity contribution in [2.75, 3.05) is 30.4 Å². The third-order valence-corrected chi connectivity index (χ3v) is 3.54. The molecular formula is C13H16N2O. The lowest BCUT2D eigenvalue weighted by molar-refractivity contribution is 0.0984. The zero-order chi connectivity index (χ0) is 11.1. The lowest BCUT2D eigenvalue weighted by atomic mass is 10.0. The maximum absolute atomic E-state index is 12.0. The molecule has 2 aliphatic rings. The first-order valence-electron chi connectivity index (χ1n) is 5.91. The number of Topliss-reactive ketones (excluding diaryl/α,β-unsaturated/α-hetero) is 1. The molecule has 0 aromatic heterocycles. The Hall–Kier alpha value is -1.51. The number of anilines is 2. The van der Waals surface area contributed by atoms with Crippen molar-refractivity contribution < 1.29 is 4.79 Å². The van der Waals surface area contributed by atoms with Crippen molar-refractivity contribution in [2.24, 2.45) is 0 Å². The van der Waals surface area contributed by atoms with Crippen LogP contribution < -0.4 is 10.2 Å². The van der Waals surface area contributed by atoms with Crippen molar-refractivity contribution in [3.63, 3.8) is 0 Å². The molecule has 3 rings (SSSR count). The van der Waals surface area contributed by atoms with Crippen LogP contribution in [0.1, 0.15) is 28.8 Å². The van der Waals surface area contributed by atoms with Crippen LogP contribution in [0.2, 0.25) is 0 Å². The number of hydrogen-bond acceptors (Lipinski definition) is 3. The summed E-state index contributed by atoms with van der Waals surface area (Å²) in [7, 11) is 2.09. The van der Waals surface area contributed by atoms with Crippen molar-refractivity contribution >= 4 is 17.2 Å². The van der Waals surface area contributed by atoms with Crippen molar-refractivity contribution in [3.05, 3.63) is 23.3 Å². The summed E-state index contributed by atoms with van der Waals surface area (Å²) in [5.74, 6) is 0.281. The van der Waals surface area contributed by atoms with E-state index in [9.17, 15) is 4.79 Å². The van der Waals surface area contributed by atoms with Crippen LogP contribution in [0, 0.1) is 0 Å². The first-order chi connectivity index (χ1) is 7.75. The third kappa shape index (κ3) is 1.39. The highest BCUT2D eigenvalue weighted by atomic mass is 16.1. The normalized spacial score (nSPS) is 18.8. The Morgan fingerprint density at radius 1 is 1.31 bits per heavy atom. The largest absolute Gasteiger partial charge is 0.384 e. The molecule has 0 amide bonds. The van der Waals surface area contributed by atoms with Crippen LogP contribution in [-0.4, -0.2) is 25.9 Å². The number of nitrogens with zero attached hydrogens (tertiary/aromatic N) is 1. The molecule has 0 radical (unpaired) electrons. The molecule has 1 aromatic carbocycles. The van der Waals surface area contributed by atoms with Gasteiger partial charge in [0.25, 0.3) is 0 Å². The van der Waals surface area contributed by atoms with Gasteiger partial charge >= 0.3 is 0 Å². The van der Waals surface area contributed by atoms with Crippen LogP contribution in [0.15, 0.2) is 12.1 Å². The fraction of sp³-hybridized carbons (Fsp3) is 0.462. The van der Waals surface area contributed by atoms with Crippen molar-refractivity contribution in [1.82, 2.24) is 0 Å². The van der Waals surface area contributed by atoms with Gasteiger partial charge in [-0.2, -0.15) is 0 Å². The minimum absolute atomic E-state index is 0.281. The quantitative estimate of drug-likeness (QED) is 0.720. The second-order valence-corrected chi connectivity index (χ2v) is 4.65. The van der Waals surface area contributed by atoms with E-state index in [4.69, 9.17) is 0 Å². The van der Waals surface area contributed by atoms with E-state index in [-0.39, 0.29) is 5.78 Å². The maximum Gasteiger partial charge on any atom is 0.165 e. The molecule has 2 aliphatic heterocycles. The Morgan fingerprint density at radius 3 is 3.06 bits per heavy atom. The number of hydrogen-bond donors (Lipinski definition) is 1. The van der Waals surface area contributed by atoms with Crippen LogP contribution in [-0.2, 0) is 6.42 Å². The average molecular weight is 216 g/mol. The number of fused-ring (bicyclic) bond motifs is 2.